The van der Waals surface area contributed by atoms with Crippen LogP contribution in [-0.4, -0.2) is 67.8 Å². The maximum Gasteiger partial charge on any atom is 0.276 e. The first-order valence-electron chi connectivity index (χ1n) is 8.97. The van der Waals surface area contributed by atoms with Gasteiger partial charge in [0.25, 0.3) is 5.91 Å². The van der Waals surface area contributed by atoms with E-state index in [-0.39, 0.29) is 11.6 Å². The first kappa shape index (κ1) is 18.6. The van der Waals surface area contributed by atoms with E-state index in [0.717, 1.165) is 11.9 Å². The molecule has 1 amide bonds. The number of H-pyrrole nitrogens is 1. The third-order valence-corrected chi connectivity index (χ3v) is 4.18. The number of nitrogens with zero attached hydrogens (tertiary/aromatic N) is 6. The van der Waals surface area contributed by atoms with Crippen LogP contribution in [0.15, 0.2) is 49.3 Å². The molecule has 0 aliphatic carbocycles. The molecular formula is C19H20N8O2. The topological polar surface area (TPSA) is 114 Å². The highest BCUT2D eigenvalue weighted by Gasteiger charge is 2.16. The van der Waals surface area contributed by atoms with Gasteiger partial charge < -0.3 is 15.0 Å². The standard InChI is InChI=1S/C19H20N8O2/c1-26(2)7-8-29-16-4-3-14(11-21-16)23-19(28)18-17-13(10-22-25-17)9-15(24-18)27-6-5-20-12-27/h3-6,9-12H,7-8H2,1-2H3,(H,22,25)(H,23,28). The molecule has 0 atom stereocenters. The Morgan fingerprint density at radius 1 is 1.31 bits per heavy atom. The molecule has 0 aliphatic heterocycles. The van der Waals surface area contributed by atoms with Crippen molar-refractivity contribution in [2.75, 3.05) is 32.6 Å². The first-order chi connectivity index (χ1) is 14.1. The number of fused-ring (bicyclic) bond motifs is 1. The SMILES string of the molecule is CN(C)CCOc1ccc(NC(=O)c2nc(-n3ccnc3)cc3cn[nH]c23)cn1. The largest absolute Gasteiger partial charge is 0.476 e. The summed E-state index contributed by atoms with van der Waals surface area (Å²) in [7, 11) is 3.95. The van der Waals surface area contributed by atoms with Crippen molar-refractivity contribution in [3.63, 3.8) is 0 Å². The Kier molecular flexibility index (Phi) is 5.16. The van der Waals surface area contributed by atoms with Crippen LogP contribution in [0.4, 0.5) is 5.69 Å². The van der Waals surface area contributed by atoms with E-state index in [1.54, 1.807) is 47.8 Å². The van der Waals surface area contributed by atoms with E-state index >= 15 is 0 Å². The molecule has 10 heteroatoms. The summed E-state index contributed by atoms with van der Waals surface area (Å²) in [5.74, 6) is 0.703. The fraction of sp³-hybridized carbons (Fsp3) is 0.211. The molecule has 0 saturated carbocycles. The Labute approximate surface area is 166 Å². The van der Waals surface area contributed by atoms with Crippen LogP contribution in [0, 0.1) is 0 Å². The van der Waals surface area contributed by atoms with Crippen molar-refractivity contribution in [1.29, 1.82) is 0 Å². The van der Waals surface area contributed by atoms with Gasteiger partial charge in [0, 0.05) is 30.4 Å². The number of ether oxygens (including phenoxy) is 1. The van der Waals surface area contributed by atoms with Crippen LogP contribution in [0.25, 0.3) is 16.7 Å². The van der Waals surface area contributed by atoms with Crippen LogP contribution in [0.5, 0.6) is 5.88 Å². The number of rotatable bonds is 7. The highest BCUT2D eigenvalue weighted by molar-refractivity contribution is 6.10. The number of aromatic nitrogens is 6. The molecule has 0 bridgehead atoms. The number of anilines is 1. The van der Waals surface area contributed by atoms with Gasteiger partial charge in [0.2, 0.25) is 5.88 Å². The summed E-state index contributed by atoms with van der Waals surface area (Å²) < 4.78 is 7.29. The van der Waals surface area contributed by atoms with Crippen molar-refractivity contribution in [3.05, 3.63) is 55.0 Å². The van der Waals surface area contributed by atoms with Crippen molar-refractivity contribution < 1.29 is 9.53 Å². The normalized spacial score (nSPS) is 11.1. The molecule has 0 unspecified atom stereocenters. The molecule has 0 saturated heterocycles. The molecule has 0 aromatic carbocycles. The number of imidazole rings is 1. The molecule has 0 fully saturated rings. The van der Waals surface area contributed by atoms with Crippen LogP contribution in [0.1, 0.15) is 10.5 Å². The van der Waals surface area contributed by atoms with Gasteiger partial charge >= 0.3 is 0 Å². The van der Waals surface area contributed by atoms with Gasteiger partial charge in [0.1, 0.15) is 18.8 Å². The predicted octanol–water partition coefficient (Wildman–Crippen LogP) is 1.73. The molecule has 10 nitrogen and oxygen atoms in total. The Morgan fingerprint density at radius 2 is 2.21 bits per heavy atom. The summed E-state index contributed by atoms with van der Waals surface area (Å²) in [6, 6.07) is 5.28. The highest BCUT2D eigenvalue weighted by Crippen LogP contribution is 2.20. The summed E-state index contributed by atoms with van der Waals surface area (Å²) in [6.45, 7) is 1.33. The van der Waals surface area contributed by atoms with Crippen LogP contribution in [0.3, 0.4) is 0 Å². The van der Waals surface area contributed by atoms with Gasteiger partial charge in [-0.15, -0.1) is 0 Å². The Bertz CT molecular complexity index is 1100. The fourth-order valence-electron chi connectivity index (χ4n) is 2.69. The van der Waals surface area contributed by atoms with Gasteiger partial charge in [-0.2, -0.15) is 5.10 Å². The second kappa shape index (κ2) is 8.07. The second-order valence-corrected chi connectivity index (χ2v) is 6.62. The molecule has 4 aromatic heterocycles. The Hall–Kier alpha value is -3.79. The molecule has 29 heavy (non-hydrogen) atoms. The summed E-state index contributed by atoms with van der Waals surface area (Å²) in [5.41, 5.74) is 1.33. The maximum absolute atomic E-state index is 12.9. The zero-order valence-corrected chi connectivity index (χ0v) is 16.0. The van der Waals surface area contributed by atoms with Crippen molar-refractivity contribution in [2.45, 2.75) is 0 Å². The Balaban J connectivity index is 1.52. The number of hydrogen-bond donors (Lipinski definition) is 2. The minimum atomic E-state index is -0.371. The van der Waals surface area contributed by atoms with Gasteiger partial charge in [-0.25, -0.2) is 15.0 Å². The first-order valence-corrected chi connectivity index (χ1v) is 8.97. The van der Waals surface area contributed by atoms with Crippen molar-refractivity contribution in [2.24, 2.45) is 0 Å². The molecule has 4 aromatic rings. The molecule has 2 N–H and O–H groups in total. The molecule has 4 rings (SSSR count). The summed E-state index contributed by atoms with van der Waals surface area (Å²) in [6.07, 6.45) is 8.22. The van der Waals surface area contributed by atoms with Crippen LogP contribution in [-0.2, 0) is 0 Å². The second-order valence-electron chi connectivity index (χ2n) is 6.62. The van der Waals surface area contributed by atoms with Gasteiger partial charge in [-0.1, -0.05) is 0 Å². The number of likely N-dealkylation sites (N-methyl/N-ethyl adjacent to an activating group) is 1. The smallest absolute Gasteiger partial charge is 0.276 e. The zero-order chi connectivity index (χ0) is 20.2. The van der Waals surface area contributed by atoms with E-state index in [0.29, 0.717) is 29.5 Å². The van der Waals surface area contributed by atoms with E-state index in [1.807, 2.05) is 25.1 Å². The van der Waals surface area contributed by atoms with Crippen LogP contribution >= 0.6 is 0 Å². The average molecular weight is 392 g/mol. The lowest BCUT2D eigenvalue weighted by molar-refractivity contribution is 0.102. The minimum Gasteiger partial charge on any atom is -0.476 e. The monoisotopic (exact) mass is 392 g/mol. The molecule has 148 valence electrons. The minimum absolute atomic E-state index is 0.231. The quantitative estimate of drug-likeness (QED) is 0.492. The van der Waals surface area contributed by atoms with Gasteiger partial charge in [0.15, 0.2) is 5.69 Å². The maximum atomic E-state index is 12.9. The average Bonchev–Trinajstić information content (AvgIpc) is 3.40. The summed E-state index contributed by atoms with van der Waals surface area (Å²) in [5, 5.41) is 10.4. The summed E-state index contributed by atoms with van der Waals surface area (Å²) in [4.78, 5) is 27.6. The van der Waals surface area contributed by atoms with Crippen molar-refractivity contribution in [1.82, 2.24) is 34.6 Å². The predicted molar refractivity (Wildman–Crippen MR) is 107 cm³/mol. The highest BCUT2D eigenvalue weighted by atomic mass is 16.5. The lowest BCUT2D eigenvalue weighted by Crippen LogP contribution is -2.19. The number of amides is 1. The summed E-state index contributed by atoms with van der Waals surface area (Å²) >= 11 is 0. The number of carbonyl (C=O) groups is 1. The molecule has 0 spiro atoms. The lowest BCUT2D eigenvalue weighted by Gasteiger charge is -2.11. The van der Waals surface area contributed by atoms with Gasteiger partial charge in [0.05, 0.1) is 23.6 Å². The number of carbonyl (C=O) groups excluding carboxylic acids is 1. The van der Waals surface area contributed by atoms with Gasteiger partial charge in [-0.05, 0) is 26.2 Å². The fourth-order valence-corrected chi connectivity index (χ4v) is 2.69. The van der Waals surface area contributed by atoms with Crippen molar-refractivity contribution in [3.8, 4) is 11.7 Å². The third-order valence-electron chi connectivity index (χ3n) is 4.18. The molecule has 0 radical (unpaired) electrons. The molecule has 4 heterocycles. The van der Waals surface area contributed by atoms with Crippen LogP contribution in [0.2, 0.25) is 0 Å². The van der Waals surface area contributed by atoms with E-state index in [2.05, 4.69) is 30.5 Å². The number of hydrogen-bond acceptors (Lipinski definition) is 7. The number of nitrogens with one attached hydrogen (secondary N) is 2. The zero-order valence-electron chi connectivity index (χ0n) is 16.0. The van der Waals surface area contributed by atoms with Crippen molar-refractivity contribution >= 4 is 22.5 Å². The van der Waals surface area contributed by atoms with Crippen LogP contribution < -0.4 is 10.1 Å². The lowest BCUT2D eigenvalue weighted by atomic mass is 10.2. The molecule has 0 aliphatic rings. The number of aromatic amines is 1. The van der Waals surface area contributed by atoms with E-state index < -0.39 is 0 Å². The molecular weight excluding hydrogens is 372 g/mol. The number of pyridine rings is 2. The van der Waals surface area contributed by atoms with E-state index in [9.17, 15) is 4.79 Å². The third kappa shape index (κ3) is 4.22. The van der Waals surface area contributed by atoms with E-state index in [1.165, 1.54) is 0 Å². The van der Waals surface area contributed by atoms with E-state index in [4.69, 9.17) is 4.74 Å². The van der Waals surface area contributed by atoms with Gasteiger partial charge in [-0.3, -0.25) is 14.5 Å². The Morgan fingerprint density at radius 3 is 2.93 bits per heavy atom.